The smallest absolute Gasteiger partial charge is 0.312 e. The van der Waals surface area contributed by atoms with E-state index in [1.807, 2.05) is 66.7 Å². The summed E-state index contributed by atoms with van der Waals surface area (Å²) in [6, 6.07) is 21.1. The Bertz CT molecular complexity index is 1010. The quantitative estimate of drug-likeness (QED) is 0.417. The van der Waals surface area contributed by atoms with E-state index in [9.17, 15) is 9.90 Å². The highest BCUT2D eigenvalue weighted by Crippen LogP contribution is 2.34. The number of anilines is 3. The first-order valence-electron chi connectivity index (χ1n) is 10.9. The van der Waals surface area contributed by atoms with Crippen LogP contribution in [0.25, 0.3) is 0 Å². The molecule has 3 aromatic rings. The fourth-order valence-electron chi connectivity index (χ4n) is 3.83. The Hall–Kier alpha value is -3.74. The molecule has 0 fully saturated rings. The summed E-state index contributed by atoms with van der Waals surface area (Å²) in [5.41, 5.74) is 2.70. The lowest BCUT2D eigenvalue weighted by Gasteiger charge is -2.31. The summed E-state index contributed by atoms with van der Waals surface area (Å²) in [4.78, 5) is 18.3. The molecular formula is C25H28N4O3. The zero-order chi connectivity index (χ0) is 22.2. The Labute approximate surface area is 188 Å². The fraction of sp³-hybridized carbons (Fsp3) is 0.280. The Morgan fingerprint density at radius 1 is 1.09 bits per heavy atom. The maximum atomic E-state index is 11.7. The average Bonchev–Trinajstić information content (AvgIpc) is 2.83. The maximum absolute atomic E-state index is 11.7. The normalized spacial score (nSPS) is 13.6. The molecule has 3 N–H and O–H groups in total. The number of carboxylic acids is 1. The second-order valence-electron chi connectivity index (χ2n) is 7.70. The van der Waals surface area contributed by atoms with Crippen molar-refractivity contribution in [1.82, 2.24) is 4.98 Å². The van der Waals surface area contributed by atoms with Crippen molar-refractivity contribution in [2.75, 3.05) is 48.3 Å². The summed E-state index contributed by atoms with van der Waals surface area (Å²) in [6.07, 6.45) is 2.76. The van der Waals surface area contributed by atoms with Crippen LogP contribution in [-0.4, -0.2) is 48.8 Å². The predicted molar refractivity (Wildman–Crippen MR) is 127 cm³/mol. The first-order chi connectivity index (χ1) is 15.7. The average molecular weight is 433 g/mol. The van der Waals surface area contributed by atoms with Gasteiger partial charge in [0, 0.05) is 37.6 Å². The topological polar surface area (TPSA) is 86.7 Å². The molecular weight excluding hydrogens is 404 g/mol. The number of pyridine rings is 1. The van der Waals surface area contributed by atoms with Crippen LogP contribution in [0, 0.1) is 0 Å². The highest BCUT2D eigenvalue weighted by molar-refractivity contribution is 5.77. The predicted octanol–water partition coefficient (Wildman–Crippen LogP) is 4.06. The number of ether oxygens (including phenoxy) is 1. The monoisotopic (exact) mass is 432 g/mol. The zero-order valence-electron chi connectivity index (χ0n) is 17.9. The summed E-state index contributed by atoms with van der Waals surface area (Å²) < 4.78 is 5.89. The molecule has 0 radical (unpaired) electrons. The standard InChI is InChI=1S/C25H28N4O3/c30-25(31)21(19-7-2-1-3-8-19)18-28-20-10-11-22-23(17-20)32-16-15-29(22)14-6-13-27-24-9-4-5-12-26-24/h1-5,7-12,17,21,28H,6,13-16,18H2,(H,26,27)(H,30,31). The van der Waals surface area contributed by atoms with Crippen LogP contribution < -0.4 is 20.3 Å². The van der Waals surface area contributed by atoms with Crippen molar-refractivity contribution in [2.24, 2.45) is 0 Å². The molecule has 7 nitrogen and oxygen atoms in total. The van der Waals surface area contributed by atoms with Crippen LogP contribution in [0.4, 0.5) is 17.2 Å². The Balaban J connectivity index is 1.33. The molecule has 1 aliphatic heterocycles. The third kappa shape index (κ3) is 5.49. The van der Waals surface area contributed by atoms with E-state index in [0.29, 0.717) is 13.2 Å². The van der Waals surface area contributed by atoms with Crippen molar-refractivity contribution >= 4 is 23.2 Å². The molecule has 4 rings (SSSR count). The molecule has 0 saturated heterocycles. The largest absolute Gasteiger partial charge is 0.489 e. The first kappa shape index (κ1) is 21.5. The van der Waals surface area contributed by atoms with E-state index in [1.54, 1.807) is 6.20 Å². The second-order valence-corrected chi connectivity index (χ2v) is 7.70. The van der Waals surface area contributed by atoms with E-state index < -0.39 is 11.9 Å². The van der Waals surface area contributed by atoms with Gasteiger partial charge in [-0.15, -0.1) is 0 Å². The molecule has 0 spiro atoms. The lowest BCUT2D eigenvalue weighted by molar-refractivity contribution is -0.138. The van der Waals surface area contributed by atoms with Gasteiger partial charge in [0.2, 0.25) is 0 Å². The SMILES string of the molecule is O=C(O)C(CNc1ccc2c(c1)OCCN2CCCNc1ccccn1)c1ccccc1. The van der Waals surface area contributed by atoms with Crippen molar-refractivity contribution in [3.63, 3.8) is 0 Å². The fourth-order valence-corrected chi connectivity index (χ4v) is 3.83. The Morgan fingerprint density at radius 2 is 1.94 bits per heavy atom. The highest BCUT2D eigenvalue weighted by Gasteiger charge is 2.21. The van der Waals surface area contributed by atoms with Crippen LogP contribution in [0.3, 0.4) is 0 Å². The summed E-state index contributed by atoms with van der Waals surface area (Å²) in [5, 5.41) is 16.2. The minimum atomic E-state index is -0.844. The van der Waals surface area contributed by atoms with Crippen LogP contribution in [-0.2, 0) is 4.79 Å². The highest BCUT2D eigenvalue weighted by atomic mass is 16.5. The van der Waals surface area contributed by atoms with Gasteiger partial charge in [0.1, 0.15) is 18.2 Å². The third-order valence-corrected chi connectivity index (χ3v) is 5.51. The molecule has 32 heavy (non-hydrogen) atoms. The molecule has 1 aromatic heterocycles. The summed E-state index contributed by atoms with van der Waals surface area (Å²) in [5.74, 6) is 0.255. The van der Waals surface area contributed by atoms with Gasteiger partial charge in [0.05, 0.1) is 18.2 Å². The number of aliphatic carboxylic acids is 1. The number of hydrogen-bond acceptors (Lipinski definition) is 6. The van der Waals surface area contributed by atoms with Crippen LogP contribution in [0.2, 0.25) is 0 Å². The van der Waals surface area contributed by atoms with Gasteiger partial charge >= 0.3 is 5.97 Å². The van der Waals surface area contributed by atoms with Crippen LogP contribution in [0.15, 0.2) is 72.9 Å². The number of carbonyl (C=O) groups is 1. The molecule has 1 aliphatic rings. The second kappa shape index (κ2) is 10.5. The van der Waals surface area contributed by atoms with Crippen LogP contribution in [0.1, 0.15) is 17.9 Å². The summed E-state index contributed by atoms with van der Waals surface area (Å²) >= 11 is 0. The number of carboxylic acid groups (broad SMARTS) is 1. The van der Waals surface area contributed by atoms with Gasteiger partial charge in [-0.1, -0.05) is 36.4 Å². The van der Waals surface area contributed by atoms with E-state index in [1.165, 1.54) is 0 Å². The summed E-state index contributed by atoms with van der Waals surface area (Å²) in [7, 11) is 0. The van der Waals surface area contributed by atoms with Gasteiger partial charge in [-0.2, -0.15) is 0 Å². The van der Waals surface area contributed by atoms with E-state index in [-0.39, 0.29) is 0 Å². The van der Waals surface area contributed by atoms with E-state index in [0.717, 1.165) is 54.6 Å². The van der Waals surface area contributed by atoms with Crippen molar-refractivity contribution < 1.29 is 14.6 Å². The van der Waals surface area contributed by atoms with Gasteiger partial charge in [0.15, 0.2) is 0 Å². The number of fused-ring (bicyclic) bond motifs is 1. The number of nitrogens with zero attached hydrogens (tertiary/aromatic N) is 2. The van der Waals surface area contributed by atoms with Gasteiger partial charge in [-0.05, 0) is 36.2 Å². The van der Waals surface area contributed by atoms with Crippen molar-refractivity contribution in [1.29, 1.82) is 0 Å². The van der Waals surface area contributed by atoms with E-state index in [4.69, 9.17) is 4.74 Å². The molecule has 0 saturated carbocycles. The van der Waals surface area contributed by atoms with Crippen molar-refractivity contribution in [3.8, 4) is 5.75 Å². The van der Waals surface area contributed by atoms with Gasteiger partial charge in [-0.25, -0.2) is 4.98 Å². The summed E-state index contributed by atoms with van der Waals surface area (Å²) in [6.45, 7) is 3.54. The molecule has 2 aromatic carbocycles. The molecule has 166 valence electrons. The minimum Gasteiger partial charge on any atom is -0.489 e. The maximum Gasteiger partial charge on any atom is 0.312 e. The Morgan fingerprint density at radius 3 is 2.72 bits per heavy atom. The molecule has 7 heteroatoms. The number of benzene rings is 2. The number of nitrogens with one attached hydrogen (secondary N) is 2. The van der Waals surface area contributed by atoms with Gasteiger partial charge in [0.25, 0.3) is 0 Å². The molecule has 0 aliphatic carbocycles. The molecule has 2 heterocycles. The van der Waals surface area contributed by atoms with Crippen molar-refractivity contribution in [3.05, 3.63) is 78.5 Å². The first-order valence-corrected chi connectivity index (χ1v) is 10.9. The van der Waals surface area contributed by atoms with Crippen molar-refractivity contribution in [2.45, 2.75) is 12.3 Å². The Kier molecular flexibility index (Phi) is 7.07. The lowest BCUT2D eigenvalue weighted by atomic mass is 9.99. The van der Waals surface area contributed by atoms with Crippen LogP contribution >= 0.6 is 0 Å². The van der Waals surface area contributed by atoms with E-state index >= 15 is 0 Å². The molecule has 0 amide bonds. The zero-order valence-corrected chi connectivity index (χ0v) is 17.9. The number of aromatic nitrogens is 1. The van der Waals surface area contributed by atoms with Gasteiger partial charge < -0.3 is 25.4 Å². The molecule has 1 unspecified atom stereocenters. The number of hydrogen-bond donors (Lipinski definition) is 3. The molecule has 0 bridgehead atoms. The van der Waals surface area contributed by atoms with Gasteiger partial charge in [-0.3, -0.25) is 4.79 Å². The third-order valence-electron chi connectivity index (χ3n) is 5.51. The minimum absolute atomic E-state index is 0.307. The molecule has 1 atom stereocenters. The van der Waals surface area contributed by atoms with E-state index in [2.05, 4.69) is 20.5 Å². The number of rotatable bonds is 10. The van der Waals surface area contributed by atoms with Crippen LogP contribution in [0.5, 0.6) is 5.75 Å². The lowest BCUT2D eigenvalue weighted by Crippen LogP contribution is -2.34.